The molecule has 1 rings (SSSR count). The molecule has 0 aliphatic rings. The second kappa shape index (κ2) is 6.97. The molecule has 0 unspecified atom stereocenters. The maximum atomic E-state index is 11.5. The molecular formula is C15H20O3. The number of methoxy groups -OCH3 is 1. The van der Waals surface area contributed by atoms with E-state index in [1.54, 1.807) is 0 Å². The Balaban J connectivity index is 2.91. The van der Waals surface area contributed by atoms with E-state index in [2.05, 4.69) is 11.3 Å². The largest absolute Gasteiger partial charge is 0.466 e. The van der Waals surface area contributed by atoms with Crippen molar-refractivity contribution in [1.29, 1.82) is 0 Å². The van der Waals surface area contributed by atoms with Gasteiger partial charge in [-0.1, -0.05) is 50.3 Å². The number of ether oxygens (including phenoxy) is 1. The molecule has 0 radical (unpaired) electrons. The quantitative estimate of drug-likeness (QED) is 0.622. The van der Waals surface area contributed by atoms with Crippen molar-refractivity contribution in [3.8, 4) is 0 Å². The first-order chi connectivity index (χ1) is 8.61. The van der Waals surface area contributed by atoms with E-state index in [0.29, 0.717) is 12.0 Å². The van der Waals surface area contributed by atoms with Crippen molar-refractivity contribution in [2.45, 2.75) is 25.9 Å². The number of aliphatic hydroxyl groups excluding tert-OH is 1. The van der Waals surface area contributed by atoms with Gasteiger partial charge in [-0.05, 0) is 12.0 Å². The minimum absolute atomic E-state index is 0.301. The van der Waals surface area contributed by atoms with Crippen molar-refractivity contribution < 1.29 is 14.6 Å². The summed E-state index contributed by atoms with van der Waals surface area (Å²) in [6, 6.07) is 9.31. The molecule has 0 heterocycles. The molecule has 98 valence electrons. The van der Waals surface area contributed by atoms with Crippen molar-refractivity contribution in [1.82, 2.24) is 0 Å². The normalized spacial score (nSPS) is 13.7. The van der Waals surface area contributed by atoms with Gasteiger partial charge in [-0.3, -0.25) is 0 Å². The molecular weight excluding hydrogens is 228 g/mol. The van der Waals surface area contributed by atoms with E-state index in [1.807, 2.05) is 37.3 Å². The van der Waals surface area contributed by atoms with Crippen LogP contribution in [0.3, 0.4) is 0 Å². The summed E-state index contributed by atoms with van der Waals surface area (Å²) in [5, 5.41) is 10.4. The fourth-order valence-corrected chi connectivity index (χ4v) is 2.00. The van der Waals surface area contributed by atoms with Gasteiger partial charge in [0.2, 0.25) is 0 Å². The van der Waals surface area contributed by atoms with Crippen molar-refractivity contribution in [3.63, 3.8) is 0 Å². The van der Waals surface area contributed by atoms with Crippen molar-refractivity contribution >= 4 is 5.97 Å². The van der Waals surface area contributed by atoms with Crippen LogP contribution in [-0.2, 0) is 9.53 Å². The summed E-state index contributed by atoms with van der Waals surface area (Å²) in [6.07, 6.45) is 0.840. The Morgan fingerprint density at radius 1 is 1.39 bits per heavy atom. The van der Waals surface area contributed by atoms with Crippen LogP contribution in [0.4, 0.5) is 0 Å². The summed E-state index contributed by atoms with van der Waals surface area (Å²) >= 11 is 0. The monoisotopic (exact) mass is 248 g/mol. The Morgan fingerprint density at radius 2 is 2.00 bits per heavy atom. The number of esters is 1. The Labute approximate surface area is 108 Å². The highest BCUT2D eigenvalue weighted by atomic mass is 16.5. The van der Waals surface area contributed by atoms with Crippen molar-refractivity contribution in [2.75, 3.05) is 7.11 Å². The van der Waals surface area contributed by atoms with E-state index in [4.69, 9.17) is 0 Å². The van der Waals surface area contributed by atoms with Gasteiger partial charge in [0, 0.05) is 11.5 Å². The summed E-state index contributed by atoms with van der Waals surface area (Å²) < 4.78 is 4.68. The van der Waals surface area contributed by atoms with Gasteiger partial charge in [0.25, 0.3) is 0 Å². The van der Waals surface area contributed by atoms with Crippen LogP contribution in [0.15, 0.2) is 42.5 Å². The van der Waals surface area contributed by atoms with Gasteiger partial charge in [-0.2, -0.15) is 0 Å². The number of rotatable bonds is 6. The van der Waals surface area contributed by atoms with E-state index in [9.17, 15) is 9.90 Å². The molecule has 3 nitrogen and oxygen atoms in total. The zero-order chi connectivity index (χ0) is 13.5. The molecule has 0 amide bonds. The highest BCUT2D eigenvalue weighted by molar-refractivity contribution is 5.88. The van der Waals surface area contributed by atoms with Crippen molar-refractivity contribution in [3.05, 3.63) is 48.0 Å². The van der Waals surface area contributed by atoms with Crippen LogP contribution in [0.2, 0.25) is 0 Å². The molecule has 0 fully saturated rings. The fraction of sp³-hybridized carbons (Fsp3) is 0.400. The van der Waals surface area contributed by atoms with Crippen LogP contribution in [0.5, 0.6) is 0 Å². The van der Waals surface area contributed by atoms with E-state index in [0.717, 1.165) is 12.0 Å². The van der Waals surface area contributed by atoms with Gasteiger partial charge < -0.3 is 9.84 Å². The highest BCUT2D eigenvalue weighted by Gasteiger charge is 2.27. The maximum absolute atomic E-state index is 11.5. The minimum Gasteiger partial charge on any atom is -0.466 e. The van der Waals surface area contributed by atoms with E-state index in [-0.39, 0.29) is 5.92 Å². The molecule has 0 saturated carbocycles. The van der Waals surface area contributed by atoms with Gasteiger partial charge >= 0.3 is 5.97 Å². The maximum Gasteiger partial charge on any atom is 0.333 e. The van der Waals surface area contributed by atoms with Crippen LogP contribution in [0.25, 0.3) is 0 Å². The van der Waals surface area contributed by atoms with Gasteiger partial charge in [0.1, 0.15) is 0 Å². The lowest BCUT2D eigenvalue weighted by molar-refractivity contribution is -0.137. The minimum atomic E-state index is -0.724. The summed E-state index contributed by atoms with van der Waals surface area (Å²) in [6.45, 7) is 5.77. The molecule has 0 aromatic heterocycles. The van der Waals surface area contributed by atoms with Crippen LogP contribution >= 0.6 is 0 Å². The first-order valence-corrected chi connectivity index (χ1v) is 6.11. The Bertz CT molecular complexity index is 397. The molecule has 0 bridgehead atoms. The highest BCUT2D eigenvalue weighted by Crippen LogP contribution is 2.31. The average molecular weight is 248 g/mol. The van der Waals surface area contributed by atoms with Crippen LogP contribution in [-0.4, -0.2) is 18.2 Å². The zero-order valence-corrected chi connectivity index (χ0v) is 10.9. The molecule has 1 aromatic rings. The van der Waals surface area contributed by atoms with Crippen LogP contribution < -0.4 is 0 Å². The lowest BCUT2D eigenvalue weighted by Crippen LogP contribution is -2.20. The van der Waals surface area contributed by atoms with Crippen molar-refractivity contribution in [2.24, 2.45) is 5.92 Å². The van der Waals surface area contributed by atoms with E-state index >= 15 is 0 Å². The Kier molecular flexibility index (Phi) is 5.59. The number of benzene rings is 1. The molecule has 0 spiro atoms. The summed E-state index contributed by atoms with van der Waals surface area (Å²) in [5.74, 6) is -0.756. The number of aliphatic hydroxyl groups is 1. The SMILES string of the molecule is C=C(C(=O)OC)[C@@H](CCC)[C@H](O)c1ccccc1. The summed E-state index contributed by atoms with van der Waals surface area (Å²) in [7, 11) is 1.32. The number of hydrogen-bond donors (Lipinski definition) is 1. The van der Waals surface area contributed by atoms with Gasteiger partial charge in [0.05, 0.1) is 13.2 Å². The standard InChI is InChI=1S/C15H20O3/c1-4-8-13(11(2)15(17)18-3)14(16)12-9-6-5-7-10-12/h5-7,9-10,13-14,16H,2,4,8H2,1,3H3/t13-,14-/m1/s1. The third-order valence-electron chi connectivity index (χ3n) is 3.02. The summed E-state index contributed by atoms with van der Waals surface area (Å²) in [4.78, 5) is 11.5. The molecule has 1 aromatic carbocycles. The predicted octanol–water partition coefficient (Wildman–Crippen LogP) is 2.87. The first kappa shape index (κ1) is 14.5. The molecule has 0 saturated heterocycles. The van der Waals surface area contributed by atoms with Gasteiger partial charge in [-0.25, -0.2) is 4.79 Å². The Hall–Kier alpha value is -1.61. The number of hydrogen-bond acceptors (Lipinski definition) is 3. The fourth-order valence-electron chi connectivity index (χ4n) is 2.00. The Morgan fingerprint density at radius 3 is 2.50 bits per heavy atom. The topological polar surface area (TPSA) is 46.5 Å². The second-order valence-corrected chi connectivity index (χ2v) is 4.27. The van der Waals surface area contributed by atoms with Gasteiger partial charge in [-0.15, -0.1) is 0 Å². The first-order valence-electron chi connectivity index (χ1n) is 6.11. The van der Waals surface area contributed by atoms with E-state index in [1.165, 1.54) is 7.11 Å². The third kappa shape index (κ3) is 3.44. The van der Waals surface area contributed by atoms with Crippen LogP contribution in [0, 0.1) is 5.92 Å². The van der Waals surface area contributed by atoms with Gasteiger partial charge in [0.15, 0.2) is 0 Å². The van der Waals surface area contributed by atoms with E-state index < -0.39 is 12.1 Å². The molecule has 1 N–H and O–H groups in total. The molecule has 0 aliphatic carbocycles. The molecule has 3 heteroatoms. The third-order valence-corrected chi connectivity index (χ3v) is 3.02. The molecule has 18 heavy (non-hydrogen) atoms. The smallest absolute Gasteiger partial charge is 0.333 e. The van der Waals surface area contributed by atoms with Crippen LogP contribution in [0.1, 0.15) is 31.4 Å². The number of carbonyl (C=O) groups excluding carboxylic acids is 1. The molecule has 0 aliphatic heterocycles. The zero-order valence-electron chi connectivity index (χ0n) is 10.9. The number of carbonyl (C=O) groups is 1. The predicted molar refractivity (Wildman–Crippen MR) is 71.0 cm³/mol. The molecule has 2 atom stereocenters. The lowest BCUT2D eigenvalue weighted by Gasteiger charge is -2.23. The lowest BCUT2D eigenvalue weighted by atomic mass is 9.86. The summed E-state index contributed by atoms with van der Waals surface area (Å²) in [5.41, 5.74) is 1.12. The second-order valence-electron chi connectivity index (χ2n) is 4.27. The average Bonchev–Trinajstić information content (AvgIpc) is 2.43.